The van der Waals surface area contributed by atoms with Crippen LogP contribution in [-0.2, 0) is 16.2 Å². The number of carbonyl (C=O) groups excluding carboxylic acids is 1. The first-order valence-electron chi connectivity index (χ1n) is 10.1. The number of amides is 2. The molecule has 2 amide bonds. The highest BCUT2D eigenvalue weighted by Gasteiger charge is 2.30. The van der Waals surface area contributed by atoms with Crippen LogP contribution in [0.2, 0.25) is 0 Å². The molecule has 0 aromatic heterocycles. The van der Waals surface area contributed by atoms with Crippen LogP contribution >= 0.6 is 0 Å². The van der Waals surface area contributed by atoms with Gasteiger partial charge in [-0.05, 0) is 48.9 Å². The summed E-state index contributed by atoms with van der Waals surface area (Å²) in [5.41, 5.74) is 1.55. The van der Waals surface area contributed by atoms with Crippen LogP contribution in [0.3, 0.4) is 0 Å². The van der Waals surface area contributed by atoms with E-state index >= 15 is 0 Å². The lowest BCUT2D eigenvalue weighted by molar-refractivity contribution is -0.137. The third-order valence-corrected chi connectivity index (χ3v) is 6.99. The van der Waals surface area contributed by atoms with Crippen molar-refractivity contribution in [1.82, 2.24) is 9.62 Å². The van der Waals surface area contributed by atoms with Crippen molar-refractivity contribution in [2.45, 2.75) is 13.1 Å². The number of halogens is 3. The van der Waals surface area contributed by atoms with E-state index in [1.54, 1.807) is 0 Å². The zero-order valence-electron chi connectivity index (χ0n) is 17.5. The van der Waals surface area contributed by atoms with Gasteiger partial charge < -0.3 is 15.5 Å². The van der Waals surface area contributed by atoms with E-state index in [1.165, 1.54) is 4.31 Å². The van der Waals surface area contributed by atoms with Gasteiger partial charge in [0.1, 0.15) is 0 Å². The standard InChI is InChI=1S/C21H25F3N4O3S/c1-16-3-2-4-19(15-16)27-10-12-28(13-11-27)32(30,31)14-9-25-20(29)26-18-7-5-17(6-8-18)21(22,23)24/h2-8,15H,9-14H2,1H3,(H2,25,26,29). The van der Waals surface area contributed by atoms with Crippen molar-refractivity contribution < 1.29 is 26.4 Å². The minimum atomic E-state index is -4.46. The fourth-order valence-corrected chi connectivity index (χ4v) is 4.73. The van der Waals surface area contributed by atoms with Gasteiger partial charge in [-0.3, -0.25) is 0 Å². The number of nitrogens with zero attached hydrogens (tertiary/aromatic N) is 2. The summed E-state index contributed by atoms with van der Waals surface area (Å²) in [6.07, 6.45) is -4.46. The summed E-state index contributed by atoms with van der Waals surface area (Å²) in [6.45, 7) is 3.74. The van der Waals surface area contributed by atoms with Gasteiger partial charge in [0.2, 0.25) is 10.0 Å². The molecule has 7 nitrogen and oxygen atoms in total. The van der Waals surface area contributed by atoms with Crippen molar-refractivity contribution in [3.8, 4) is 0 Å². The summed E-state index contributed by atoms with van der Waals surface area (Å²) >= 11 is 0. The first kappa shape index (κ1) is 23.9. The molecule has 0 saturated carbocycles. The van der Waals surface area contributed by atoms with Crippen molar-refractivity contribution in [1.29, 1.82) is 0 Å². The van der Waals surface area contributed by atoms with Crippen LogP contribution < -0.4 is 15.5 Å². The number of hydrogen-bond donors (Lipinski definition) is 2. The van der Waals surface area contributed by atoms with Gasteiger partial charge >= 0.3 is 12.2 Å². The van der Waals surface area contributed by atoms with E-state index in [9.17, 15) is 26.4 Å². The van der Waals surface area contributed by atoms with Gasteiger partial charge in [-0.1, -0.05) is 12.1 Å². The molecule has 0 bridgehead atoms. The normalized spacial score (nSPS) is 15.4. The topological polar surface area (TPSA) is 81.8 Å². The highest BCUT2D eigenvalue weighted by atomic mass is 32.2. The number of aryl methyl sites for hydroxylation is 1. The number of benzene rings is 2. The van der Waals surface area contributed by atoms with Gasteiger partial charge in [0.25, 0.3) is 0 Å². The number of alkyl halides is 3. The smallest absolute Gasteiger partial charge is 0.369 e. The summed E-state index contributed by atoms with van der Waals surface area (Å²) < 4.78 is 64.3. The molecular formula is C21H25F3N4O3S. The van der Waals surface area contributed by atoms with E-state index in [2.05, 4.69) is 21.6 Å². The monoisotopic (exact) mass is 470 g/mol. The highest BCUT2D eigenvalue weighted by molar-refractivity contribution is 7.89. The number of sulfonamides is 1. The summed E-state index contributed by atoms with van der Waals surface area (Å²) in [6, 6.07) is 11.3. The molecule has 0 spiro atoms. The second-order valence-electron chi connectivity index (χ2n) is 7.50. The van der Waals surface area contributed by atoms with Crippen LogP contribution in [0.4, 0.5) is 29.3 Å². The first-order valence-corrected chi connectivity index (χ1v) is 11.7. The van der Waals surface area contributed by atoms with Crippen LogP contribution in [0, 0.1) is 6.92 Å². The molecule has 1 heterocycles. The summed E-state index contributed by atoms with van der Waals surface area (Å²) in [5.74, 6) is -0.266. The predicted octanol–water partition coefficient (Wildman–Crippen LogP) is 3.29. The number of urea groups is 1. The minimum absolute atomic E-state index is 0.118. The Hall–Kier alpha value is -2.79. The molecule has 32 heavy (non-hydrogen) atoms. The first-order chi connectivity index (χ1) is 15.0. The second kappa shape index (κ2) is 9.78. The Balaban J connectivity index is 1.43. The van der Waals surface area contributed by atoms with Crippen LogP contribution in [0.5, 0.6) is 0 Å². The van der Waals surface area contributed by atoms with E-state index in [1.807, 2.05) is 25.1 Å². The Morgan fingerprint density at radius 2 is 1.69 bits per heavy atom. The fourth-order valence-electron chi connectivity index (χ4n) is 3.39. The number of nitrogens with one attached hydrogen (secondary N) is 2. The molecule has 1 aliphatic heterocycles. The maximum atomic E-state index is 12.6. The molecule has 0 atom stereocenters. The van der Waals surface area contributed by atoms with Gasteiger partial charge in [0.05, 0.1) is 11.3 Å². The van der Waals surface area contributed by atoms with Crippen molar-refractivity contribution >= 4 is 27.4 Å². The van der Waals surface area contributed by atoms with E-state index < -0.39 is 27.8 Å². The Bertz CT molecular complexity index is 1040. The Morgan fingerprint density at radius 3 is 2.28 bits per heavy atom. The summed E-state index contributed by atoms with van der Waals surface area (Å²) in [5, 5.41) is 4.81. The number of hydrogen-bond acceptors (Lipinski definition) is 4. The molecule has 0 unspecified atom stereocenters. The molecule has 1 fully saturated rings. The quantitative estimate of drug-likeness (QED) is 0.679. The minimum Gasteiger partial charge on any atom is -0.369 e. The summed E-state index contributed by atoms with van der Waals surface area (Å²) in [4.78, 5) is 14.1. The van der Waals surface area contributed by atoms with Gasteiger partial charge in [-0.25, -0.2) is 13.2 Å². The average Bonchev–Trinajstić information content (AvgIpc) is 2.73. The zero-order chi connectivity index (χ0) is 23.4. The van der Waals surface area contributed by atoms with Gasteiger partial charge in [0.15, 0.2) is 0 Å². The molecule has 3 rings (SSSR count). The van der Waals surface area contributed by atoms with E-state index in [0.717, 1.165) is 35.5 Å². The number of carbonyl (C=O) groups is 1. The lowest BCUT2D eigenvalue weighted by Crippen LogP contribution is -2.50. The number of piperazine rings is 1. The predicted molar refractivity (Wildman–Crippen MR) is 117 cm³/mol. The molecule has 11 heteroatoms. The van der Waals surface area contributed by atoms with Crippen LogP contribution in [0.15, 0.2) is 48.5 Å². The number of rotatable bonds is 6. The lowest BCUT2D eigenvalue weighted by atomic mass is 10.2. The zero-order valence-corrected chi connectivity index (χ0v) is 18.3. The largest absolute Gasteiger partial charge is 0.416 e. The van der Waals surface area contributed by atoms with E-state index in [-0.39, 0.29) is 18.0 Å². The Morgan fingerprint density at radius 1 is 1.03 bits per heavy atom. The molecule has 2 N–H and O–H groups in total. The molecular weight excluding hydrogens is 445 g/mol. The van der Waals surface area contributed by atoms with Crippen LogP contribution in [0.25, 0.3) is 0 Å². The molecule has 2 aromatic carbocycles. The van der Waals surface area contributed by atoms with E-state index in [4.69, 9.17) is 0 Å². The Kier molecular flexibility index (Phi) is 7.29. The molecule has 0 radical (unpaired) electrons. The molecule has 174 valence electrons. The SMILES string of the molecule is Cc1cccc(N2CCN(S(=O)(=O)CCNC(=O)Nc3ccc(C(F)(F)F)cc3)CC2)c1. The Labute approximate surface area is 185 Å². The van der Waals surface area contributed by atoms with Crippen molar-refractivity contribution in [3.63, 3.8) is 0 Å². The molecule has 1 aliphatic rings. The maximum Gasteiger partial charge on any atom is 0.416 e. The van der Waals surface area contributed by atoms with Gasteiger partial charge in [-0.15, -0.1) is 0 Å². The third-order valence-electron chi connectivity index (χ3n) is 5.11. The highest BCUT2D eigenvalue weighted by Crippen LogP contribution is 2.29. The average molecular weight is 471 g/mol. The van der Waals surface area contributed by atoms with Crippen molar-refractivity contribution in [3.05, 3.63) is 59.7 Å². The third kappa shape index (κ3) is 6.36. The molecule has 0 aliphatic carbocycles. The van der Waals surface area contributed by atoms with Gasteiger partial charge in [0, 0.05) is 44.1 Å². The maximum absolute atomic E-state index is 12.6. The molecule has 2 aromatic rings. The van der Waals surface area contributed by atoms with Crippen molar-refractivity contribution in [2.75, 3.05) is 48.7 Å². The van der Waals surface area contributed by atoms with Crippen LogP contribution in [0.1, 0.15) is 11.1 Å². The fraction of sp³-hybridized carbons (Fsp3) is 0.381. The van der Waals surface area contributed by atoms with Crippen LogP contribution in [-0.4, -0.2) is 57.2 Å². The molecule has 1 saturated heterocycles. The second-order valence-corrected chi connectivity index (χ2v) is 9.59. The summed E-state index contributed by atoms with van der Waals surface area (Å²) in [7, 11) is -3.55. The number of anilines is 2. The van der Waals surface area contributed by atoms with Crippen molar-refractivity contribution in [2.24, 2.45) is 0 Å². The van der Waals surface area contributed by atoms with Gasteiger partial charge in [-0.2, -0.15) is 17.5 Å². The lowest BCUT2D eigenvalue weighted by Gasteiger charge is -2.35. The van der Waals surface area contributed by atoms with E-state index in [0.29, 0.717) is 26.2 Å².